The quantitative estimate of drug-likeness (QED) is 0.738. The number of carbonyl (C=O) groups is 1. The first-order valence-electron chi connectivity index (χ1n) is 5.84. The molecule has 16 heavy (non-hydrogen) atoms. The Morgan fingerprint density at radius 1 is 1.44 bits per heavy atom. The van der Waals surface area contributed by atoms with Crippen LogP contribution in [0.2, 0.25) is 0 Å². The third-order valence-corrected chi connectivity index (χ3v) is 4.89. The maximum atomic E-state index is 12.0. The Balaban J connectivity index is 2.71. The Hall–Kier alpha value is -0.420. The first kappa shape index (κ1) is 13.6. The van der Waals surface area contributed by atoms with Gasteiger partial charge in [-0.1, -0.05) is 13.8 Å². The number of hydrogen-bond acceptors (Lipinski definition) is 3. The van der Waals surface area contributed by atoms with Crippen molar-refractivity contribution in [1.29, 1.82) is 0 Å². The summed E-state index contributed by atoms with van der Waals surface area (Å²) >= 11 is 0. The van der Waals surface area contributed by atoms with Gasteiger partial charge in [0, 0.05) is 6.54 Å². The van der Waals surface area contributed by atoms with E-state index in [1.54, 1.807) is 0 Å². The zero-order chi connectivity index (χ0) is 12.3. The van der Waals surface area contributed by atoms with E-state index in [0.29, 0.717) is 25.3 Å². The van der Waals surface area contributed by atoms with Crippen LogP contribution in [-0.4, -0.2) is 36.8 Å². The van der Waals surface area contributed by atoms with Gasteiger partial charge in [0.25, 0.3) is 0 Å². The van der Waals surface area contributed by atoms with Gasteiger partial charge < -0.3 is 0 Å². The molecule has 0 radical (unpaired) electrons. The molecular formula is C11H21NO3S. The summed E-state index contributed by atoms with van der Waals surface area (Å²) in [6.07, 6.45) is 2.13. The predicted octanol–water partition coefficient (Wildman–Crippen LogP) is 1.42. The standard InChI is InChI=1S/C11H21NO3S/c1-9(2)6-8-16(14,15)12-7-4-5-11(12)10(3)13/h9,11H,4-8H2,1-3H3. The van der Waals surface area contributed by atoms with Gasteiger partial charge in [0.15, 0.2) is 0 Å². The molecule has 1 fully saturated rings. The molecule has 1 rings (SSSR count). The molecule has 94 valence electrons. The van der Waals surface area contributed by atoms with Crippen LogP contribution in [0.1, 0.15) is 40.0 Å². The van der Waals surface area contributed by atoms with Gasteiger partial charge in [-0.15, -0.1) is 0 Å². The van der Waals surface area contributed by atoms with Crippen molar-refractivity contribution in [1.82, 2.24) is 4.31 Å². The minimum Gasteiger partial charge on any atom is -0.298 e. The first-order chi connectivity index (χ1) is 7.34. The molecule has 1 aliphatic heterocycles. The van der Waals surface area contributed by atoms with E-state index in [4.69, 9.17) is 0 Å². The predicted molar refractivity (Wildman–Crippen MR) is 63.7 cm³/mol. The Morgan fingerprint density at radius 2 is 2.06 bits per heavy atom. The molecule has 1 atom stereocenters. The summed E-state index contributed by atoms with van der Waals surface area (Å²) in [5, 5.41) is 0. The molecule has 0 N–H and O–H groups in total. The van der Waals surface area contributed by atoms with E-state index in [2.05, 4.69) is 0 Å². The molecule has 1 saturated heterocycles. The van der Waals surface area contributed by atoms with Crippen molar-refractivity contribution in [2.45, 2.75) is 46.1 Å². The van der Waals surface area contributed by atoms with Gasteiger partial charge in [-0.25, -0.2) is 8.42 Å². The summed E-state index contributed by atoms with van der Waals surface area (Å²) in [6, 6.07) is -0.405. The normalized spacial score (nSPS) is 22.9. The summed E-state index contributed by atoms with van der Waals surface area (Å²) in [6.45, 7) is 5.98. The minimum atomic E-state index is -3.24. The lowest BCUT2D eigenvalue weighted by atomic mass is 10.2. The molecule has 0 amide bonds. The summed E-state index contributed by atoms with van der Waals surface area (Å²) in [7, 11) is -3.24. The van der Waals surface area contributed by atoms with Crippen LogP contribution in [0.3, 0.4) is 0 Å². The summed E-state index contributed by atoms with van der Waals surface area (Å²) in [5.74, 6) is 0.493. The lowest BCUT2D eigenvalue weighted by Crippen LogP contribution is -2.40. The van der Waals surface area contributed by atoms with Crippen molar-refractivity contribution in [3.05, 3.63) is 0 Å². The fraction of sp³-hybridized carbons (Fsp3) is 0.909. The first-order valence-corrected chi connectivity index (χ1v) is 7.45. The van der Waals surface area contributed by atoms with Gasteiger partial charge in [-0.3, -0.25) is 4.79 Å². The molecule has 1 heterocycles. The second-order valence-corrected chi connectivity index (χ2v) is 6.92. The largest absolute Gasteiger partial charge is 0.298 e. The number of sulfonamides is 1. The highest BCUT2D eigenvalue weighted by Crippen LogP contribution is 2.22. The number of carbonyl (C=O) groups excluding carboxylic acids is 1. The molecule has 0 aliphatic carbocycles. The fourth-order valence-electron chi connectivity index (χ4n) is 1.98. The molecule has 5 heteroatoms. The smallest absolute Gasteiger partial charge is 0.214 e. The molecule has 0 aromatic heterocycles. The van der Waals surface area contributed by atoms with Crippen LogP contribution in [0.4, 0.5) is 0 Å². The summed E-state index contributed by atoms with van der Waals surface area (Å²) in [5.41, 5.74) is 0. The lowest BCUT2D eigenvalue weighted by Gasteiger charge is -2.22. The van der Waals surface area contributed by atoms with Crippen LogP contribution in [-0.2, 0) is 14.8 Å². The van der Waals surface area contributed by atoms with Crippen molar-refractivity contribution in [2.75, 3.05) is 12.3 Å². The highest BCUT2D eigenvalue weighted by molar-refractivity contribution is 7.89. The van der Waals surface area contributed by atoms with Gasteiger partial charge in [0.1, 0.15) is 5.78 Å². The van der Waals surface area contributed by atoms with Crippen LogP contribution in [0.5, 0.6) is 0 Å². The minimum absolute atomic E-state index is 0.0365. The van der Waals surface area contributed by atoms with E-state index in [1.165, 1.54) is 11.2 Å². The van der Waals surface area contributed by atoms with Gasteiger partial charge in [0.05, 0.1) is 11.8 Å². The van der Waals surface area contributed by atoms with E-state index >= 15 is 0 Å². The maximum Gasteiger partial charge on any atom is 0.214 e. The Kier molecular flexibility index (Phi) is 4.50. The van der Waals surface area contributed by atoms with Crippen molar-refractivity contribution in [3.8, 4) is 0 Å². The third kappa shape index (κ3) is 3.28. The van der Waals surface area contributed by atoms with Crippen LogP contribution in [0.25, 0.3) is 0 Å². The second-order valence-electron chi connectivity index (χ2n) is 4.88. The maximum absolute atomic E-state index is 12.0. The molecule has 1 unspecified atom stereocenters. The zero-order valence-electron chi connectivity index (χ0n) is 10.3. The molecule has 1 aliphatic rings. The fourth-order valence-corrected chi connectivity index (χ4v) is 4.03. The van der Waals surface area contributed by atoms with E-state index in [9.17, 15) is 13.2 Å². The molecular weight excluding hydrogens is 226 g/mol. The Labute approximate surface area is 98.1 Å². The van der Waals surface area contributed by atoms with Gasteiger partial charge >= 0.3 is 0 Å². The molecule has 0 aromatic rings. The summed E-state index contributed by atoms with van der Waals surface area (Å²) < 4.78 is 25.5. The lowest BCUT2D eigenvalue weighted by molar-refractivity contribution is -0.119. The topological polar surface area (TPSA) is 54.5 Å². The van der Waals surface area contributed by atoms with E-state index in [0.717, 1.165) is 6.42 Å². The third-order valence-electron chi connectivity index (χ3n) is 2.98. The highest BCUT2D eigenvalue weighted by Gasteiger charge is 2.36. The van der Waals surface area contributed by atoms with Crippen LogP contribution < -0.4 is 0 Å². The van der Waals surface area contributed by atoms with Crippen molar-refractivity contribution < 1.29 is 13.2 Å². The number of nitrogens with zero attached hydrogens (tertiary/aromatic N) is 1. The number of hydrogen-bond donors (Lipinski definition) is 0. The SMILES string of the molecule is CC(=O)C1CCCN1S(=O)(=O)CCC(C)C. The highest BCUT2D eigenvalue weighted by atomic mass is 32.2. The Bertz CT molecular complexity index is 348. The molecule has 0 aromatic carbocycles. The summed E-state index contributed by atoms with van der Waals surface area (Å²) in [4.78, 5) is 11.3. The molecule has 0 spiro atoms. The number of ketones is 1. The van der Waals surface area contributed by atoms with Gasteiger partial charge in [0.2, 0.25) is 10.0 Å². The average Bonchev–Trinajstić information content (AvgIpc) is 2.63. The van der Waals surface area contributed by atoms with Crippen LogP contribution >= 0.6 is 0 Å². The zero-order valence-corrected chi connectivity index (χ0v) is 11.1. The number of rotatable bonds is 5. The molecule has 0 bridgehead atoms. The van der Waals surface area contributed by atoms with Gasteiger partial charge in [-0.2, -0.15) is 4.31 Å². The van der Waals surface area contributed by atoms with E-state index in [1.807, 2.05) is 13.8 Å². The second kappa shape index (κ2) is 5.27. The number of Topliss-reactive ketones (excluding diaryl/α,β-unsaturated/α-hetero) is 1. The monoisotopic (exact) mass is 247 g/mol. The van der Waals surface area contributed by atoms with E-state index < -0.39 is 16.1 Å². The Morgan fingerprint density at radius 3 is 2.56 bits per heavy atom. The van der Waals surface area contributed by atoms with Crippen molar-refractivity contribution in [3.63, 3.8) is 0 Å². The molecule has 0 saturated carbocycles. The van der Waals surface area contributed by atoms with Crippen LogP contribution in [0.15, 0.2) is 0 Å². The van der Waals surface area contributed by atoms with Crippen molar-refractivity contribution in [2.24, 2.45) is 5.92 Å². The van der Waals surface area contributed by atoms with E-state index in [-0.39, 0.29) is 11.5 Å². The van der Waals surface area contributed by atoms with Crippen LogP contribution in [0, 0.1) is 5.92 Å². The van der Waals surface area contributed by atoms with Crippen molar-refractivity contribution >= 4 is 15.8 Å². The average molecular weight is 247 g/mol. The van der Waals surface area contributed by atoms with Gasteiger partial charge in [-0.05, 0) is 32.1 Å². The molecule has 4 nitrogen and oxygen atoms in total.